The van der Waals surface area contributed by atoms with Crippen LogP contribution in [0.1, 0.15) is 30.9 Å². The minimum atomic E-state index is 0.483. The smallest absolute Gasteiger partial charge is 0.228 e. The van der Waals surface area contributed by atoms with Gasteiger partial charge in [-0.2, -0.15) is 10.1 Å². The largest absolute Gasteiger partial charge is 0.383 e. The fraction of sp³-hybridized carbons (Fsp3) is 0.370. The first kappa shape index (κ1) is 22.3. The molecule has 176 valence electrons. The predicted octanol–water partition coefficient (Wildman–Crippen LogP) is 4.10. The summed E-state index contributed by atoms with van der Waals surface area (Å²) in [7, 11) is 1.85. The molecule has 2 aromatic heterocycles. The first-order valence-electron chi connectivity index (χ1n) is 12.1. The second-order valence-electron chi connectivity index (χ2n) is 9.42. The molecule has 3 heterocycles. The first-order chi connectivity index (χ1) is 16.5. The van der Waals surface area contributed by atoms with Gasteiger partial charge in [0.1, 0.15) is 5.82 Å². The van der Waals surface area contributed by atoms with E-state index in [2.05, 4.69) is 83.3 Å². The maximum atomic E-state index is 6.38. The Bertz CT molecular complexity index is 1250. The lowest BCUT2D eigenvalue weighted by atomic mass is 10.00. The molecule has 0 unspecified atom stereocenters. The quantitative estimate of drug-likeness (QED) is 0.472. The van der Waals surface area contributed by atoms with Crippen molar-refractivity contribution in [1.82, 2.24) is 24.6 Å². The minimum Gasteiger partial charge on any atom is -0.383 e. The number of nitrogens with zero attached hydrogens (tertiary/aromatic N) is 6. The van der Waals surface area contributed by atoms with Gasteiger partial charge in [0, 0.05) is 45.3 Å². The van der Waals surface area contributed by atoms with Crippen LogP contribution in [-0.2, 0) is 13.5 Å². The summed E-state index contributed by atoms with van der Waals surface area (Å²) in [6.45, 7) is 9.27. The van der Waals surface area contributed by atoms with E-state index in [0.717, 1.165) is 61.7 Å². The Kier molecular flexibility index (Phi) is 6.20. The first-order valence-corrected chi connectivity index (χ1v) is 12.1. The predicted molar refractivity (Wildman–Crippen MR) is 139 cm³/mol. The van der Waals surface area contributed by atoms with Crippen LogP contribution in [0.5, 0.6) is 0 Å². The third kappa shape index (κ3) is 4.48. The van der Waals surface area contributed by atoms with Crippen LogP contribution in [0.2, 0.25) is 0 Å². The molecule has 7 heteroatoms. The van der Waals surface area contributed by atoms with Gasteiger partial charge in [-0.3, -0.25) is 9.58 Å². The van der Waals surface area contributed by atoms with Crippen molar-refractivity contribution < 1.29 is 0 Å². The number of benzene rings is 2. The number of hydrogen-bond donors (Lipinski definition) is 1. The Hall–Kier alpha value is -3.45. The van der Waals surface area contributed by atoms with Gasteiger partial charge in [-0.25, -0.2) is 4.98 Å². The van der Waals surface area contributed by atoms with Gasteiger partial charge in [-0.15, -0.1) is 0 Å². The maximum Gasteiger partial charge on any atom is 0.228 e. The highest BCUT2D eigenvalue weighted by Crippen LogP contribution is 2.32. The van der Waals surface area contributed by atoms with Gasteiger partial charge in [-0.1, -0.05) is 68.4 Å². The lowest BCUT2D eigenvalue weighted by molar-refractivity contribution is 0.260. The van der Waals surface area contributed by atoms with Gasteiger partial charge < -0.3 is 10.6 Å². The van der Waals surface area contributed by atoms with E-state index in [1.165, 1.54) is 11.1 Å². The van der Waals surface area contributed by atoms with Crippen LogP contribution in [0.3, 0.4) is 0 Å². The fourth-order valence-electron chi connectivity index (χ4n) is 4.58. The SMILES string of the molecule is CC(C)c1ccc(-c2nc(N3CCN(CCc4ccccc4)CC3)nc3nn(C)c(N)c23)cc1. The molecule has 0 bridgehead atoms. The molecule has 34 heavy (non-hydrogen) atoms. The highest BCUT2D eigenvalue weighted by atomic mass is 15.4. The van der Waals surface area contributed by atoms with E-state index in [4.69, 9.17) is 15.7 Å². The molecule has 0 aliphatic carbocycles. The standard InChI is InChI=1S/C27H33N7/c1-19(2)21-9-11-22(12-10-21)24-23-25(28)32(3)31-26(23)30-27(29-24)34-17-15-33(16-18-34)14-13-20-7-5-4-6-8-20/h4-12,19H,13-18,28H2,1-3H3. The molecule has 1 aliphatic heterocycles. The molecule has 0 spiro atoms. The molecule has 1 saturated heterocycles. The number of aromatic nitrogens is 4. The van der Waals surface area contributed by atoms with Gasteiger partial charge >= 0.3 is 0 Å². The van der Waals surface area contributed by atoms with Crippen LogP contribution in [-0.4, -0.2) is 57.4 Å². The van der Waals surface area contributed by atoms with E-state index in [9.17, 15) is 0 Å². The Balaban J connectivity index is 1.38. The molecule has 0 atom stereocenters. The molecule has 2 N–H and O–H groups in total. The van der Waals surface area contributed by atoms with Crippen molar-refractivity contribution >= 4 is 22.8 Å². The zero-order valence-electron chi connectivity index (χ0n) is 20.3. The lowest BCUT2D eigenvalue weighted by Gasteiger charge is -2.34. The van der Waals surface area contributed by atoms with Crippen LogP contribution in [0.25, 0.3) is 22.3 Å². The van der Waals surface area contributed by atoms with E-state index >= 15 is 0 Å². The summed E-state index contributed by atoms with van der Waals surface area (Å²) in [4.78, 5) is 14.6. The summed E-state index contributed by atoms with van der Waals surface area (Å²) >= 11 is 0. The normalized spacial score (nSPS) is 14.9. The number of piperazine rings is 1. The van der Waals surface area contributed by atoms with Gasteiger partial charge in [0.2, 0.25) is 5.95 Å². The zero-order chi connectivity index (χ0) is 23.7. The third-order valence-electron chi connectivity index (χ3n) is 6.79. The highest BCUT2D eigenvalue weighted by molar-refractivity contribution is 5.98. The average molecular weight is 456 g/mol. The lowest BCUT2D eigenvalue weighted by Crippen LogP contribution is -2.47. The summed E-state index contributed by atoms with van der Waals surface area (Å²) in [5.41, 5.74) is 11.6. The van der Waals surface area contributed by atoms with Gasteiger partial charge in [0.05, 0.1) is 11.1 Å². The second-order valence-corrected chi connectivity index (χ2v) is 9.42. The third-order valence-corrected chi connectivity index (χ3v) is 6.79. The maximum absolute atomic E-state index is 6.38. The summed E-state index contributed by atoms with van der Waals surface area (Å²) in [6.07, 6.45) is 1.08. The van der Waals surface area contributed by atoms with Gasteiger partial charge in [0.25, 0.3) is 0 Å². The molecule has 0 amide bonds. The van der Waals surface area contributed by atoms with Gasteiger partial charge in [-0.05, 0) is 23.5 Å². The minimum absolute atomic E-state index is 0.483. The van der Waals surface area contributed by atoms with Crippen molar-refractivity contribution in [3.8, 4) is 11.3 Å². The topological polar surface area (TPSA) is 76.1 Å². The molecule has 1 aliphatic rings. The summed E-state index contributed by atoms with van der Waals surface area (Å²) in [5.74, 6) is 1.81. The zero-order valence-corrected chi connectivity index (χ0v) is 20.3. The molecule has 2 aromatic carbocycles. The summed E-state index contributed by atoms with van der Waals surface area (Å²) in [5, 5.41) is 5.41. The van der Waals surface area contributed by atoms with Gasteiger partial charge in [0.15, 0.2) is 5.65 Å². The molecule has 7 nitrogen and oxygen atoms in total. The number of nitrogen functional groups attached to an aromatic ring is 1. The molecule has 0 saturated carbocycles. The number of fused-ring (bicyclic) bond motifs is 1. The number of nitrogens with two attached hydrogens (primary N) is 1. The van der Waals surface area contributed by atoms with Crippen molar-refractivity contribution in [3.63, 3.8) is 0 Å². The Labute approximate surface area is 201 Å². The molecular formula is C27H33N7. The number of rotatable bonds is 6. The Morgan fingerprint density at radius 1 is 0.912 bits per heavy atom. The Morgan fingerprint density at radius 2 is 1.62 bits per heavy atom. The Morgan fingerprint density at radius 3 is 2.29 bits per heavy atom. The molecule has 5 rings (SSSR count). The van der Waals surface area contributed by atoms with E-state index in [0.29, 0.717) is 17.4 Å². The molecular weight excluding hydrogens is 422 g/mol. The molecule has 0 radical (unpaired) electrons. The highest BCUT2D eigenvalue weighted by Gasteiger charge is 2.23. The van der Waals surface area contributed by atoms with Crippen LogP contribution >= 0.6 is 0 Å². The van der Waals surface area contributed by atoms with E-state index in [1.54, 1.807) is 4.68 Å². The van der Waals surface area contributed by atoms with E-state index in [1.807, 2.05) is 7.05 Å². The summed E-state index contributed by atoms with van der Waals surface area (Å²) in [6, 6.07) is 19.3. The van der Waals surface area contributed by atoms with Crippen molar-refractivity contribution in [2.75, 3.05) is 43.4 Å². The monoisotopic (exact) mass is 455 g/mol. The van der Waals surface area contributed by atoms with Crippen LogP contribution in [0.15, 0.2) is 54.6 Å². The van der Waals surface area contributed by atoms with E-state index in [-0.39, 0.29) is 0 Å². The van der Waals surface area contributed by atoms with Crippen LogP contribution < -0.4 is 10.6 Å². The number of aryl methyl sites for hydroxylation is 1. The van der Waals surface area contributed by atoms with Crippen molar-refractivity contribution in [2.45, 2.75) is 26.2 Å². The average Bonchev–Trinajstić information content (AvgIpc) is 3.16. The fourth-order valence-corrected chi connectivity index (χ4v) is 4.58. The number of hydrogen-bond acceptors (Lipinski definition) is 6. The van der Waals surface area contributed by atoms with E-state index < -0.39 is 0 Å². The van der Waals surface area contributed by atoms with Crippen LogP contribution in [0.4, 0.5) is 11.8 Å². The molecule has 1 fully saturated rings. The molecule has 4 aromatic rings. The van der Waals surface area contributed by atoms with Crippen molar-refractivity contribution in [3.05, 3.63) is 65.7 Å². The van der Waals surface area contributed by atoms with Crippen molar-refractivity contribution in [1.29, 1.82) is 0 Å². The summed E-state index contributed by atoms with van der Waals surface area (Å²) < 4.78 is 1.69. The van der Waals surface area contributed by atoms with Crippen LogP contribution in [0, 0.1) is 0 Å². The second kappa shape index (κ2) is 9.43. The number of anilines is 2. The van der Waals surface area contributed by atoms with Crippen molar-refractivity contribution in [2.24, 2.45) is 7.05 Å².